The number of benzene rings is 3. The molecular formula is C32H38FN5O3. The Bertz CT molecular complexity index is 1340. The summed E-state index contributed by atoms with van der Waals surface area (Å²) in [6.45, 7) is 10.5. The highest BCUT2D eigenvalue weighted by Gasteiger charge is 2.24. The lowest BCUT2D eigenvalue weighted by Gasteiger charge is -2.37. The molecule has 4 rings (SSSR count). The first kappa shape index (κ1) is 29.6. The highest BCUT2D eigenvalue weighted by molar-refractivity contribution is 5.99. The monoisotopic (exact) mass is 559 g/mol. The highest BCUT2D eigenvalue weighted by atomic mass is 19.1. The highest BCUT2D eigenvalue weighted by Crippen LogP contribution is 2.20. The lowest BCUT2D eigenvalue weighted by molar-refractivity contribution is -0.117. The maximum absolute atomic E-state index is 13.4. The Morgan fingerprint density at radius 1 is 0.854 bits per heavy atom. The van der Waals surface area contributed by atoms with E-state index in [9.17, 15) is 18.8 Å². The van der Waals surface area contributed by atoms with Gasteiger partial charge in [-0.15, -0.1) is 0 Å². The van der Waals surface area contributed by atoms with Crippen molar-refractivity contribution in [2.75, 3.05) is 42.9 Å². The van der Waals surface area contributed by atoms with E-state index in [1.54, 1.807) is 24.3 Å². The van der Waals surface area contributed by atoms with Crippen molar-refractivity contribution in [1.82, 2.24) is 15.1 Å². The van der Waals surface area contributed by atoms with Crippen LogP contribution in [0.4, 0.5) is 20.6 Å². The average molecular weight is 560 g/mol. The van der Waals surface area contributed by atoms with Gasteiger partial charge in [0.15, 0.2) is 0 Å². The van der Waals surface area contributed by atoms with E-state index < -0.39 is 0 Å². The fraction of sp³-hybridized carbons (Fsp3) is 0.344. The van der Waals surface area contributed by atoms with Gasteiger partial charge in [-0.1, -0.05) is 29.8 Å². The molecule has 41 heavy (non-hydrogen) atoms. The largest absolute Gasteiger partial charge is 0.368 e. The number of piperazine rings is 1. The maximum atomic E-state index is 13.4. The number of hydrogen-bond donors (Lipinski definition) is 2. The zero-order chi connectivity index (χ0) is 29.6. The van der Waals surface area contributed by atoms with Gasteiger partial charge >= 0.3 is 6.03 Å². The van der Waals surface area contributed by atoms with E-state index in [1.807, 2.05) is 69.0 Å². The van der Waals surface area contributed by atoms with Gasteiger partial charge < -0.3 is 25.3 Å². The van der Waals surface area contributed by atoms with Crippen molar-refractivity contribution in [3.63, 3.8) is 0 Å². The molecule has 3 aromatic carbocycles. The molecule has 4 amide bonds. The summed E-state index contributed by atoms with van der Waals surface area (Å²) in [6.07, 6.45) is 0. The van der Waals surface area contributed by atoms with Crippen LogP contribution >= 0.6 is 0 Å². The maximum Gasteiger partial charge on any atom is 0.317 e. The minimum Gasteiger partial charge on any atom is -0.368 e. The van der Waals surface area contributed by atoms with Crippen LogP contribution in [0, 0.1) is 12.7 Å². The van der Waals surface area contributed by atoms with Crippen LogP contribution in [0.3, 0.4) is 0 Å². The zero-order valence-electron chi connectivity index (χ0n) is 24.1. The minimum absolute atomic E-state index is 0.0513. The van der Waals surface area contributed by atoms with Crippen LogP contribution in [0.15, 0.2) is 72.8 Å². The number of carbonyl (C=O) groups excluding carboxylic acids is 3. The quantitative estimate of drug-likeness (QED) is 0.425. The number of aryl methyl sites for hydroxylation is 1. The van der Waals surface area contributed by atoms with Gasteiger partial charge in [0.05, 0.1) is 0 Å². The number of nitrogens with one attached hydrogen (secondary N) is 2. The standard InChI is InChI=1S/C32H38FN5O3/c1-23-5-9-25(10-6-23)30(40)38(21-24-7-11-26(33)12-8-24)22-29(39)34-27-13-15-28(16-14-27)36-17-19-37(20-18-36)31(41)35-32(2,3)4/h5-16H,17-22H2,1-4H3,(H,34,39)(H,35,41). The second kappa shape index (κ2) is 12.8. The molecule has 0 atom stereocenters. The normalized spacial score (nSPS) is 13.5. The summed E-state index contributed by atoms with van der Waals surface area (Å²) in [5.74, 6) is -0.979. The van der Waals surface area contributed by atoms with E-state index in [0.29, 0.717) is 37.4 Å². The Morgan fingerprint density at radius 3 is 2.05 bits per heavy atom. The third kappa shape index (κ3) is 8.54. The van der Waals surface area contributed by atoms with Crippen molar-refractivity contribution in [2.24, 2.45) is 0 Å². The van der Waals surface area contributed by atoms with Gasteiger partial charge in [-0.05, 0) is 81.8 Å². The van der Waals surface area contributed by atoms with E-state index >= 15 is 0 Å². The van der Waals surface area contributed by atoms with Crippen LogP contribution in [0.5, 0.6) is 0 Å². The molecule has 1 aliphatic rings. The number of urea groups is 1. The van der Waals surface area contributed by atoms with Crippen molar-refractivity contribution in [2.45, 2.75) is 39.8 Å². The van der Waals surface area contributed by atoms with Crippen LogP contribution < -0.4 is 15.5 Å². The average Bonchev–Trinajstić information content (AvgIpc) is 2.93. The van der Waals surface area contributed by atoms with Gasteiger partial charge in [0.25, 0.3) is 5.91 Å². The second-order valence-electron chi connectivity index (χ2n) is 11.4. The molecule has 2 N–H and O–H groups in total. The smallest absolute Gasteiger partial charge is 0.317 e. The van der Waals surface area contributed by atoms with Crippen LogP contribution in [0.25, 0.3) is 0 Å². The van der Waals surface area contributed by atoms with E-state index in [2.05, 4.69) is 15.5 Å². The van der Waals surface area contributed by atoms with Crippen molar-refractivity contribution in [1.29, 1.82) is 0 Å². The third-order valence-corrected chi connectivity index (χ3v) is 6.77. The van der Waals surface area contributed by atoms with E-state index in [4.69, 9.17) is 0 Å². The minimum atomic E-state index is -0.362. The SMILES string of the molecule is Cc1ccc(C(=O)N(CC(=O)Nc2ccc(N3CCN(C(=O)NC(C)(C)C)CC3)cc2)Cc2ccc(F)cc2)cc1. The molecule has 1 aliphatic heterocycles. The summed E-state index contributed by atoms with van der Waals surface area (Å²) in [7, 11) is 0. The number of hydrogen-bond acceptors (Lipinski definition) is 4. The molecule has 1 saturated heterocycles. The Kier molecular flexibility index (Phi) is 9.27. The van der Waals surface area contributed by atoms with E-state index in [1.165, 1.54) is 17.0 Å². The molecule has 3 aromatic rings. The first-order valence-corrected chi connectivity index (χ1v) is 13.8. The Labute approximate surface area is 241 Å². The van der Waals surface area contributed by atoms with Gasteiger partial charge in [0.1, 0.15) is 12.4 Å². The van der Waals surface area contributed by atoms with Crippen LogP contribution in [-0.2, 0) is 11.3 Å². The zero-order valence-corrected chi connectivity index (χ0v) is 24.1. The predicted octanol–water partition coefficient (Wildman–Crippen LogP) is 5.05. The van der Waals surface area contributed by atoms with Gasteiger partial charge in [0.2, 0.25) is 5.91 Å². The molecule has 0 bridgehead atoms. The van der Waals surface area contributed by atoms with Crippen LogP contribution in [0.1, 0.15) is 42.3 Å². The second-order valence-corrected chi connectivity index (χ2v) is 11.4. The first-order chi connectivity index (χ1) is 19.5. The van der Waals surface area contributed by atoms with Crippen molar-refractivity contribution >= 4 is 29.2 Å². The molecule has 0 spiro atoms. The molecule has 216 valence electrons. The summed E-state index contributed by atoms with van der Waals surface area (Å²) in [6, 6.07) is 20.6. The van der Waals surface area contributed by atoms with E-state index in [-0.39, 0.29) is 42.3 Å². The molecule has 8 nitrogen and oxygen atoms in total. The molecule has 0 unspecified atom stereocenters. The number of halogens is 1. The fourth-order valence-electron chi connectivity index (χ4n) is 4.59. The summed E-state index contributed by atoms with van der Waals surface area (Å²) in [4.78, 5) is 44.3. The van der Waals surface area contributed by atoms with Crippen molar-refractivity contribution in [3.8, 4) is 0 Å². The third-order valence-electron chi connectivity index (χ3n) is 6.77. The Morgan fingerprint density at radius 2 is 1.46 bits per heavy atom. The fourth-order valence-corrected chi connectivity index (χ4v) is 4.59. The predicted molar refractivity (Wildman–Crippen MR) is 159 cm³/mol. The number of amides is 4. The van der Waals surface area contributed by atoms with Crippen LogP contribution in [0.2, 0.25) is 0 Å². The topological polar surface area (TPSA) is 85.0 Å². The summed E-state index contributed by atoms with van der Waals surface area (Å²) in [5.41, 5.74) is 3.57. The molecule has 0 saturated carbocycles. The lowest BCUT2D eigenvalue weighted by Crippen LogP contribution is -2.55. The van der Waals surface area contributed by atoms with Crippen molar-refractivity contribution in [3.05, 3.63) is 95.3 Å². The molecule has 0 aliphatic carbocycles. The molecule has 0 radical (unpaired) electrons. The van der Waals surface area contributed by atoms with Gasteiger partial charge in [-0.25, -0.2) is 9.18 Å². The number of carbonyl (C=O) groups is 3. The van der Waals surface area contributed by atoms with Crippen molar-refractivity contribution < 1.29 is 18.8 Å². The van der Waals surface area contributed by atoms with Gasteiger partial charge in [0, 0.05) is 55.2 Å². The molecular weight excluding hydrogens is 521 g/mol. The van der Waals surface area contributed by atoms with Gasteiger partial charge in [-0.2, -0.15) is 0 Å². The molecule has 0 aromatic heterocycles. The summed E-state index contributed by atoms with van der Waals surface area (Å²) >= 11 is 0. The molecule has 9 heteroatoms. The van der Waals surface area contributed by atoms with Gasteiger partial charge in [-0.3, -0.25) is 9.59 Å². The van der Waals surface area contributed by atoms with Crippen LogP contribution in [-0.4, -0.2) is 65.9 Å². The number of rotatable bonds is 7. The molecule has 1 heterocycles. The lowest BCUT2D eigenvalue weighted by atomic mass is 10.1. The van der Waals surface area contributed by atoms with E-state index in [0.717, 1.165) is 16.8 Å². The first-order valence-electron chi connectivity index (χ1n) is 13.8. The Hall–Kier alpha value is -4.40. The number of nitrogens with zero attached hydrogens (tertiary/aromatic N) is 3. The number of anilines is 2. The Balaban J connectivity index is 1.36. The molecule has 1 fully saturated rings. The summed E-state index contributed by atoms with van der Waals surface area (Å²) < 4.78 is 13.4. The summed E-state index contributed by atoms with van der Waals surface area (Å²) in [5, 5.41) is 5.89.